The maximum absolute atomic E-state index is 12.1. The van der Waals surface area contributed by atoms with Crippen LogP contribution in [0.1, 0.15) is 38.3 Å². The highest BCUT2D eigenvalue weighted by Gasteiger charge is 2.16. The summed E-state index contributed by atoms with van der Waals surface area (Å²) >= 11 is 0. The SMILES string of the molecule is Cc1cc(S(=O)(=O)NCCC(C)(C)C)ccc1C#N. The number of rotatable bonds is 4. The Labute approximate surface area is 115 Å². The maximum Gasteiger partial charge on any atom is 0.240 e. The molecule has 0 aliphatic heterocycles. The van der Waals surface area contributed by atoms with Crippen molar-refractivity contribution >= 4 is 10.0 Å². The van der Waals surface area contributed by atoms with E-state index in [1.165, 1.54) is 18.2 Å². The van der Waals surface area contributed by atoms with Crippen LogP contribution >= 0.6 is 0 Å². The third-order valence-electron chi connectivity index (χ3n) is 2.80. The Bertz CT molecular complexity index is 593. The number of nitrogens with zero attached hydrogens (tertiary/aromatic N) is 1. The Morgan fingerprint density at radius 2 is 1.95 bits per heavy atom. The van der Waals surface area contributed by atoms with Gasteiger partial charge in [-0.3, -0.25) is 0 Å². The molecule has 0 heterocycles. The molecule has 1 rings (SSSR count). The van der Waals surface area contributed by atoms with Crippen molar-refractivity contribution < 1.29 is 8.42 Å². The first-order valence-electron chi connectivity index (χ1n) is 6.16. The number of nitriles is 1. The fourth-order valence-electron chi connectivity index (χ4n) is 1.57. The molecule has 4 nitrogen and oxygen atoms in total. The van der Waals surface area contributed by atoms with E-state index in [0.717, 1.165) is 6.42 Å². The lowest BCUT2D eigenvalue weighted by atomic mass is 9.93. The molecular formula is C14H20N2O2S. The van der Waals surface area contributed by atoms with Gasteiger partial charge in [0.2, 0.25) is 10.0 Å². The second-order valence-electron chi connectivity index (χ2n) is 5.80. The van der Waals surface area contributed by atoms with Gasteiger partial charge in [-0.2, -0.15) is 5.26 Å². The van der Waals surface area contributed by atoms with E-state index in [-0.39, 0.29) is 10.3 Å². The van der Waals surface area contributed by atoms with Crippen molar-refractivity contribution in [3.63, 3.8) is 0 Å². The van der Waals surface area contributed by atoms with Gasteiger partial charge in [0, 0.05) is 6.54 Å². The van der Waals surface area contributed by atoms with Gasteiger partial charge in [-0.05, 0) is 42.5 Å². The van der Waals surface area contributed by atoms with Crippen LogP contribution in [-0.4, -0.2) is 15.0 Å². The predicted octanol–water partition coefficient (Wildman–Crippen LogP) is 2.58. The molecule has 0 bridgehead atoms. The van der Waals surface area contributed by atoms with Gasteiger partial charge in [0.15, 0.2) is 0 Å². The van der Waals surface area contributed by atoms with Crippen molar-refractivity contribution in [1.82, 2.24) is 4.72 Å². The third-order valence-corrected chi connectivity index (χ3v) is 4.25. The van der Waals surface area contributed by atoms with Crippen LogP contribution in [0.2, 0.25) is 0 Å². The Morgan fingerprint density at radius 3 is 2.42 bits per heavy atom. The first kappa shape index (κ1) is 15.7. The molecule has 0 aromatic heterocycles. The minimum atomic E-state index is -3.49. The van der Waals surface area contributed by atoms with E-state index in [9.17, 15) is 8.42 Å². The van der Waals surface area contributed by atoms with Crippen LogP contribution in [-0.2, 0) is 10.0 Å². The highest BCUT2D eigenvalue weighted by Crippen LogP contribution is 2.18. The normalized spacial score (nSPS) is 12.2. The summed E-state index contributed by atoms with van der Waals surface area (Å²) in [6.45, 7) is 8.32. The zero-order valence-electron chi connectivity index (χ0n) is 11.8. The predicted molar refractivity (Wildman–Crippen MR) is 75.2 cm³/mol. The molecule has 0 spiro atoms. The lowest BCUT2D eigenvalue weighted by Crippen LogP contribution is -2.27. The largest absolute Gasteiger partial charge is 0.240 e. The number of sulfonamides is 1. The molecule has 0 aliphatic carbocycles. The van der Waals surface area contributed by atoms with Crippen molar-refractivity contribution in [3.05, 3.63) is 29.3 Å². The summed E-state index contributed by atoms with van der Waals surface area (Å²) in [5, 5.41) is 8.83. The van der Waals surface area contributed by atoms with Crippen molar-refractivity contribution in [2.45, 2.75) is 39.0 Å². The quantitative estimate of drug-likeness (QED) is 0.921. The molecule has 19 heavy (non-hydrogen) atoms. The number of hydrogen-bond donors (Lipinski definition) is 1. The van der Waals surface area contributed by atoms with Crippen LogP contribution < -0.4 is 4.72 Å². The summed E-state index contributed by atoms with van der Waals surface area (Å²) < 4.78 is 26.7. The van der Waals surface area contributed by atoms with E-state index in [1.54, 1.807) is 6.92 Å². The Hall–Kier alpha value is -1.38. The standard InChI is InChI=1S/C14H20N2O2S/c1-11-9-13(6-5-12(11)10-15)19(17,18)16-8-7-14(2,3)4/h5-6,9,16H,7-8H2,1-4H3. The van der Waals surface area contributed by atoms with Crippen LogP contribution in [0.4, 0.5) is 0 Å². The van der Waals surface area contributed by atoms with E-state index >= 15 is 0 Å². The third kappa shape index (κ3) is 4.66. The fraction of sp³-hybridized carbons (Fsp3) is 0.500. The molecule has 0 radical (unpaired) electrons. The number of nitrogens with one attached hydrogen (secondary N) is 1. The van der Waals surface area contributed by atoms with E-state index < -0.39 is 10.0 Å². The molecule has 104 valence electrons. The van der Waals surface area contributed by atoms with Gasteiger partial charge >= 0.3 is 0 Å². The van der Waals surface area contributed by atoms with E-state index in [4.69, 9.17) is 5.26 Å². The van der Waals surface area contributed by atoms with E-state index in [1.807, 2.05) is 6.07 Å². The summed E-state index contributed by atoms with van der Waals surface area (Å²) in [7, 11) is -3.49. The molecule has 1 aromatic carbocycles. The molecular weight excluding hydrogens is 260 g/mol. The zero-order chi connectivity index (χ0) is 14.7. The van der Waals surface area contributed by atoms with E-state index in [2.05, 4.69) is 25.5 Å². The lowest BCUT2D eigenvalue weighted by molar-refractivity contribution is 0.378. The molecule has 0 amide bonds. The molecule has 0 aliphatic rings. The second kappa shape index (κ2) is 5.72. The van der Waals surface area contributed by atoms with Crippen LogP contribution in [0, 0.1) is 23.7 Å². The number of benzene rings is 1. The van der Waals surface area contributed by atoms with Gasteiger partial charge in [0.05, 0.1) is 16.5 Å². The molecule has 0 fully saturated rings. The first-order valence-corrected chi connectivity index (χ1v) is 7.64. The molecule has 5 heteroatoms. The molecule has 1 aromatic rings. The van der Waals surface area contributed by atoms with Crippen LogP contribution in [0.25, 0.3) is 0 Å². The van der Waals surface area contributed by atoms with Gasteiger partial charge in [-0.1, -0.05) is 20.8 Å². The average molecular weight is 280 g/mol. The molecule has 0 unspecified atom stereocenters. The minimum Gasteiger partial charge on any atom is -0.211 e. The molecule has 1 N–H and O–H groups in total. The van der Waals surface area contributed by atoms with Crippen molar-refractivity contribution in [2.24, 2.45) is 5.41 Å². The Morgan fingerprint density at radius 1 is 1.32 bits per heavy atom. The van der Waals surface area contributed by atoms with Gasteiger partial charge in [-0.15, -0.1) is 0 Å². The lowest BCUT2D eigenvalue weighted by Gasteiger charge is -2.18. The first-order chi connectivity index (χ1) is 8.65. The topological polar surface area (TPSA) is 70.0 Å². The molecule has 0 saturated carbocycles. The van der Waals surface area contributed by atoms with Crippen LogP contribution in [0.5, 0.6) is 0 Å². The highest BCUT2D eigenvalue weighted by molar-refractivity contribution is 7.89. The highest BCUT2D eigenvalue weighted by atomic mass is 32.2. The minimum absolute atomic E-state index is 0.0864. The summed E-state index contributed by atoms with van der Waals surface area (Å²) in [5.74, 6) is 0. The summed E-state index contributed by atoms with van der Waals surface area (Å²) in [4.78, 5) is 0.206. The maximum atomic E-state index is 12.1. The Balaban J connectivity index is 2.84. The van der Waals surface area contributed by atoms with Gasteiger partial charge < -0.3 is 0 Å². The second-order valence-corrected chi connectivity index (χ2v) is 7.56. The fourth-order valence-corrected chi connectivity index (χ4v) is 2.69. The number of hydrogen-bond acceptors (Lipinski definition) is 3. The summed E-state index contributed by atoms with van der Waals surface area (Å²) in [5.41, 5.74) is 1.25. The van der Waals surface area contributed by atoms with Crippen LogP contribution in [0.15, 0.2) is 23.1 Å². The van der Waals surface area contributed by atoms with Crippen molar-refractivity contribution in [2.75, 3.05) is 6.54 Å². The van der Waals surface area contributed by atoms with E-state index in [0.29, 0.717) is 17.7 Å². The van der Waals surface area contributed by atoms with Gasteiger partial charge in [0.25, 0.3) is 0 Å². The van der Waals surface area contributed by atoms with Crippen LogP contribution in [0.3, 0.4) is 0 Å². The van der Waals surface area contributed by atoms with Crippen molar-refractivity contribution in [3.8, 4) is 6.07 Å². The van der Waals surface area contributed by atoms with Gasteiger partial charge in [0.1, 0.15) is 0 Å². The molecule has 0 atom stereocenters. The molecule has 0 saturated heterocycles. The Kier molecular flexibility index (Phi) is 4.72. The number of aryl methyl sites for hydroxylation is 1. The average Bonchev–Trinajstić information content (AvgIpc) is 2.26. The smallest absolute Gasteiger partial charge is 0.211 e. The van der Waals surface area contributed by atoms with Crippen molar-refractivity contribution in [1.29, 1.82) is 5.26 Å². The zero-order valence-corrected chi connectivity index (χ0v) is 12.6. The van der Waals surface area contributed by atoms with Gasteiger partial charge in [-0.25, -0.2) is 13.1 Å². The monoisotopic (exact) mass is 280 g/mol. The summed E-state index contributed by atoms with van der Waals surface area (Å²) in [6.07, 6.45) is 0.765. The summed E-state index contributed by atoms with van der Waals surface area (Å²) in [6, 6.07) is 6.55.